The van der Waals surface area contributed by atoms with Gasteiger partial charge in [-0.25, -0.2) is 0 Å². The van der Waals surface area contributed by atoms with Gasteiger partial charge in [0.05, 0.1) is 12.6 Å². The molecule has 1 atom stereocenters. The average molecular weight is 276 g/mol. The zero-order valence-electron chi connectivity index (χ0n) is 10.2. The van der Waals surface area contributed by atoms with Crippen LogP contribution in [0.15, 0.2) is 18.3 Å². The predicted molar refractivity (Wildman–Crippen MR) is 61.6 cm³/mol. The van der Waals surface area contributed by atoms with E-state index in [0.29, 0.717) is 13.0 Å². The summed E-state index contributed by atoms with van der Waals surface area (Å²) in [6.07, 6.45) is -1.68. The van der Waals surface area contributed by atoms with Crippen LogP contribution in [0.2, 0.25) is 0 Å². The van der Waals surface area contributed by atoms with Crippen LogP contribution in [0.25, 0.3) is 0 Å². The van der Waals surface area contributed by atoms with Crippen molar-refractivity contribution in [3.63, 3.8) is 0 Å². The fourth-order valence-corrected chi connectivity index (χ4v) is 2.38. The zero-order valence-corrected chi connectivity index (χ0v) is 10.2. The lowest BCUT2D eigenvalue weighted by Crippen LogP contribution is -2.39. The number of carbonyl (C=O) groups excluding carboxylic acids is 1. The lowest BCUT2D eigenvalue weighted by molar-refractivity contribution is -0.140. The molecule has 106 valence electrons. The van der Waals surface area contributed by atoms with E-state index in [2.05, 4.69) is 0 Å². The van der Waals surface area contributed by atoms with E-state index >= 15 is 0 Å². The number of amides is 1. The smallest absolute Gasteiger partial charge is 0.394 e. The van der Waals surface area contributed by atoms with E-state index in [1.807, 2.05) is 0 Å². The third-order valence-corrected chi connectivity index (χ3v) is 3.25. The summed E-state index contributed by atoms with van der Waals surface area (Å²) in [5, 5.41) is 9.16. The van der Waals surface area contributed by atoms with Crippen LogP contribution in [0, 0.1) is 0 Å². The van der Waals surface area contributed by atoms with Gasteiger partial charge >= 0.3 is 6.18 Å². The highest BCUT2D eigenvalue weighted by molar-refractivity contribution is 5.93. The van der Waals surface area contributed by atoms with Crippen molar-refractivity contribution in [2.45, 2.75) is 31.6 Å². The molecule has 4 nitrogen and oxygen atoms in total. The third-order valence-electron chi connectivity index (χ3n) is 3.25. The van der Waals surface area contributed by atoms with Crippen LogP contribution < -0.4 is 0 Å². The van der Waals surface area contributed by atoms with E-state index in [-0.39, 0.29) is 18.3 Å². The minimum Gasteiger partial charge on any atom is -0.394 e. The summed E-state index contributed by atoms with van der Waals surface area (Å²) in [5.41, 5.74) is 0.0117. The highest BCUT2D eigenvalue weighted by atomic mass is 19.4. The lowest BCUT2D eigenvalue weighted by atomic mass is 10.2. The topological polar surface area (TPSA) is 45.5 Å². The van der Waals surface area contributed by atoms with Crippen molar-refractivity contribution in [1.82, 2.24) is 9.47 Å². The molecule has 2 heterocycles. The molecule has 1 saturated heterocycles. The number of hydrogen-bond acceptors (Lipinski definition) is 2. The number of rotatable bonds is 3. The molecule has 1 aromatic rings. The van der Waals surface area contributed by atoms with Crippen LogP contribution >= 0.6 is 0 Å². The van der Waals surface area contributed by atoms with E-state index in [0.717, 1.165) is 11.0 Å². The van der Waals surface area contributed by atoms with Crippen LogP contribution in [0.3, 0.4) is 0 Å². The second-order valence-electron chi connectivity index (χ2n) is 4.61. The maximum Gasteiger partial charge on any atom is 0.406 e. The Morgan fingerprint density at radius 3 is 2.84 bits per heavy atom. The van der Waals surface area contributed by atoms with Crippen LogP contribution in [-0.2, 0) is 6.54 Å². The molecule has 0 aliphatic carbocycles. The summed E-state index contributed by atoms with van der Waals surface area (Å²) in [4.78, 5) is 13.7. The molecule has 7 heteroatoms. The summed E-state index contributed by atoms with van der Waals surface area (Å²) < 4.78 is 38.1. The Bertz CT molecular complexity index is 456. The van der Waals surface area contributed by atoms with Crippen molar-refractivity contribution in [2.75, 3.05) is 13.2 Å². The molecule has 0 saturated carbocycles. The summed E-state index contributed by atoms with van der Waals surface area (Å²) in [7, 11) is 0. The second kappa shape index (κ2) is 5.24. The number of aliphatic hydroxyl groups excluding tert-OH is 1. The van der Waals surface area contributed by atoms with Gasteiger partial charge in [-0.1, -0.05) is 0 Å². The van der Waals surface area contributed by atoms with E-state index < -0.39 is 18.6 Å². The number of aromatic nitrogens is 1. The molecule has 1 aliphatic rings. The minimum atomic E-state index is -4.37. The van der Waals surface area contributed by atoms with Crippen molar-refractivity contribution in [2.24, 2.45) is 0 Å². The zero-order chi connectivity index (χ0) is 14.0. The molecule has 0 radical (unpaired) electrons. The van der Waals surface area contributed by atoms with Gasteiger partial charge in [0.15, 0.2) is 0 Å². The minimum absolute atomic E-state index is 0.0117. The van der Waals surface area contributed by atoms with Gasteiger partial charge in [-0.05, 0) is 25.0 Å². The van der Waals surface area contributed by atoms with Gasteiger partial charge in [0.1, 0.15) is 12.2 Å². The van der Waals surface area contributed by atoms with Gasteiger partial charge in [0, 0.05) is 12.7 Å². The molecular weight excluding hydrogens is 261 g/mol. The Morgan fingerprint density at radius 2 is 2.21 bits per heavy atom. The van der Waals surface area contributed by atoms with Crippen molar-refractivity contribution in [3.05, 3.63) is 24.0 Å². The Labute approximate surface area is 108 Å². The van der Waals surface area contributed by atoms with Crippen LogP contribution in [0.4, 0.5) is 13.2 Å². The van der Waals surface area contributed by atoms with E-state index in [9.17, 15) is 18.0 Å². The number of hydrogen-bond donors (Lipinski definition) is 1. The quantitative estimate of drug-likeness (QED) is 0.912. The molecule has 1 aliphatic heterocycles. The highest BCUT2D eigenvalue weighted by Crippen LogP contribution is 2.23. The molecular formula is C12H15F3N2O2. The molecule has 1 amide bonds. The molecule has 1 N–H and O–H groups in total. The first-order valence-corrected chi connectivity index (χ1v) is 6.06. The molecule has 0 bridgehead atoms. The third kappa shape index (κ3) is 3.09. The first-order valence-electron chi connectivity index (χ1n) is 6.06. The van der Waals surface area contributed by atoms with E-state index in [1.165, 1.54) is 23.2 Å². The summed E-state index contributed by atoms with van der Waals surface area (Å²) in [6.45, 7) is -0.869. The van der Waals surface area contributed by atoms with Gasteiger partial charge in [-0.3, -0.25) is 4.79 Å². The summed E-state index contributed by atoms with van der Waals surface area (Å²) >= 11 is 0. The van der Waals surface area contributed by atoms with Gasteiger partial charge in [-0.2, -0.15) is 13.2 Å². The highest BCUT2D eigenvalue weighted by Gasteiger charge is 2.33. The van der Waals surface area contributed by atoms with Gasteiger partial charge in [0.25, 0.3) is 5.91 Å². The molecule has 2 rings (SSSR count). The van der Waals surface area contributed by atoms with Gasteiger partial charge in [0.2, 0.25) is 0 Å². The largest absolute Gasteiger partial charge is 0.406 e. The first-order chi connectivity index (χ1) is 8.92. The molecule has 1 aromatic heterocycles. The maximum absolute atomic E-state index is 12.4. The normalized spacial score (nSPS) is 20.0. The standard InChI is InChI=1S/C12H15F3N2O2/c13-12(14,15)8-16-5-2-4-10(16)11(19)17-6-1-3-9(17)7-18/h2,4-5,9,18H,1,3,6-8H2. The first kappa shape index (κ1) is 13.9. The Kier molecular flexibility index (Phi) is 3.84. The lowest BCUT2D eigenvalue weighted by Gasteiger charge is -2.23. The van der Waals surface area contributed by atoms with Gasteiger partial charge in [-0.15, -0.1) is 0 Å². The van der Waals surface area contributed by atoms with E-state index in [4.69, 9.17) is 5.11 Å². The van der Waals surface area contributed by atoms with Crippen molar-refractivity contribution in [3.8, 4) is 0 Å². The molecule has 19 heavy (non-hydrogen) atoms. The monoisotopic (exact) mass is 276 g/mol. The van der Waals surface area contributed by atoms with Gasteiger partial charge < -0.3 is 14.6 Å². The second-order valence-corrected chi connectivity index (χ2v) is 4.61. The Morgan fingerprint density at radius 1 is 1.47 bits per heavy atom. The average Bonchev–Trinajstić information content (AvgIpc) is 2.93. The molecule has 1 fully saturated rings. The van der Waals surface area contributed by atoms with Crippen molar-refractivity contribution >= 4 is 5.91 Å². The van der Waals surface area contributed by atoms with Crippen molar-refractivity contribution in [1.29, 1.82) is 0 Å². The van der Waals surface area contributed by atoms with Crippen LogP contribution in [0.1, 0.15) is 23.3 Å². The summed E-state index contributed by atoms with van der Waals surface area (Å²) in [6, 6.07) is 2.51. The summed E-state index contributed by atoms with van der Waals surface area (Å²) in [5.74, 6) is -0.453. The molecule has 1 unspecified atom stereocenters. The van der Waals surface area contributed by atoms with Crippen molar-refractivity contribution < 1.29 is 23.1 Å². The van der Waals surface area contributed by atoms with E-state index in [1.54, 1.807) is 0 Å². The number of carbonyl (C=O) groups is 1. The number of aliphatic hydroxyl groups is 1. The maximum atomic E-state index is 12.4. The fraction of sp³-hybridized carbons (Fsp3) is 0.583. The predicted octanol–water partition coefficient (Wildman–Crippen LogP) is 1.65. The Hall–Kier alpha value is -1.50. The molecule has 0 aromatic carbocycles. The molecule has 0 spiro atoms. The number of likely N-dealkylation sites (tertiary alicyclic amines) is 1. The fourth-order valence-electron chi connectivity index (χ4n) is 2.38. The number of halogens is 3. The Balaban J connectivity index is 2.18. The number of nitrogens with zero attached hydrogens (tertiary/aromatic N) is 2. The SMILES string of the molecule is O=C(c1cccn1CC(F)(F)F)N1CCCC1CO. The van der Waals surface area contributed by atoms with Crippen LogP contribution in [-0.4, -0.2) is 45.9 Å². The number of alkyl halides is 3. The van der Waals surface area contributed by atoms with Crippen LogP contribution in [0.5, 0.6) is 0 Å².